The lowest BCUT2D eigenvalue weighted by Crippen LogP contribution is -2.30. The molecule has 3 atom stereocenters. The molecule has 0 amide bonds. The zero-order chi connectivity index (χ0) is 20.0. The molecule has 3 aromatic rings. The van der Waals surface area contributed by atoms with E-state index < -0.39 is 5.97 Å². The molecule has 2 aromatic heterocycles. The minimum absolute atomic E-state index is 0.0147. The van der Waals surface area contributed by atoms with E-state index in [1.165, 1.54) is 0 Å². The van der Waals surface area contributed by atoms with Gasteiger partial charge in [0, 0.05) is 35.6 Å². The number of benzene rings is 1. The van der Waals surface area contributed by atoms with E-state index in [4.69, 9.17) is 4.99 Å². The van der Waals surface area contributed by atoms with Gasteiger partial charge in [-0.05, 0) is 42.5 Å². The quantitative estimate of drug-likeness (QED) is 0.707. The normalized spacial score (nSPS) is 23.1. The van der Waals surface area contributed by atoms with Crippen LogP contribution in [-0.4, -0.2) is 42.5 Å². The second kappa shape index (κ2) is 7.08. The molecule has 0 spiro atoms. The highest BCUT2D eigenvalue weighted by Gasteiger charge is 2.44. The zero-order valence-corrected chi connectivity index (χ0v) is 16.7. The third-order valence-corrected chi connectivity index (χ3v) is 6.44. The minimum Gasteiger partial charge on any atom is -0.478 e. The summed E-state index contributed by atoms with van der Waals surface area (Å²) >= 11 is 1.80. The van der Waals surface area contributed by atoms with Crippen LogP contribution in [0, 0.1) is 0 Å². The Morgan fingerprint density at radius 1 is 1.17 bits per heavy atom. The molecule has 2 aliphatic heterocycles. The Morgan fingerprint density at radius 3 is 2.86 bits per heavy atom. The Labute approximate surface area is 172 Å². The van der Waals surface area contributed by atoms with Crippen LogP contribution >= 0.6 is 11.8 Å². The first-order chi connectivity index (χ1) is 14.1. The highest BCUT2D eigenvalue weighted by molar-refractivity contribution is 8.14. The van der Waals surface area contributed by atoms with Crippen molar-refractivity contribution in [1.29, 1.82) is 0 Å². The predicted octanol–water partition coefficient (Wildman–Crippen LogP) is 4.16. The zero-order valence-electron chi connectivity index (χ0n) is 15.8. The lowest BCUT2D eigenvalue weighted by atomic mass is 10.0. The van der Waals surface area contributed by atoms with Crippen LogP contribution in [-0.2, 0) is 0 Å². The number of carbonyl (C=O) groups is 1. The van der Waals surface area contributed by atoms with E-state index in [0.29, 0.717) is 5.25 Å². The molecule has 4 heterocycles. The summed E-state index contributed by atoms with van der Waals surface area (Å²) in [6.45, 7) is 3.14. The van der Waals surface area contributed by atoms with Crippen molar-refractivity contribution in [1.82, 2.24) is 14.5 Å². The first kappa shape index (κ1) is 18.0. The van der Waals surface area contributed by atoms with Gasteiger partial charge in [-0.2, -0.15) is 0 Å². The largest absolute Gasteiger partial charge is 0.478 e. The fraction of sp³-hybridized carbons (Fsp3) is 0.227. The molecule has 6 nitrogen and oxygen atoms in total. The van der Waals surface area contributed by atoms with Gasteiger partial charge in [0.2, 0.25) is 0 Å². The highest BCUT2D eigenvalue weighted by atomic mass is 32.2. The molecule has 0 aliphatic carbocycles. The van der Waals surface area contributed by atoms with E-state index in [9.17, 15) is 9.90 Å². The molecule has 0 unspecified atom stereocenters. The molecule has 7 heteroatoms. The number of nitrogens with zero attached hydrogens (tertiary/aromatic N) is 4. The van der Waals surface area contributed by atoms with Crippen molar-refractivity contribution in [2.75, 3.05) is 6.54 Å². The van der Waals surface area contributed by atoms with Crippen molar-refractivity contribution < 1.29 is 9.90 Å². The van der Waals surface area contributed by atoms with Crippen LogP contribution < -0.4 is 0 Å². The van der Waals surface area contributed by atoms with Gasteiger partial charge in [0.25, 0.3) is 0 Å². The van der Waals surface area contributed by atoms with Crippen molar-refractivity contribution in [3.63, 3.8) is 0 Å². The number of aromatic carboxylic acids is 1. The average Bonchev–Trinajstić information content (AvgIpc) is 3.42. The lowest BCUT2D eigenvalue weighted by Gasteiger charge is -2.28. The number of aromatic nitrogens is 2. The van der Waals surface area contributed by atoms with Crippen LogP contribution in [0.3, 0.4) is 0 Å². The number of thioether (sulfide) groups is 1. The van der Waals surface area contributed by atoms with Crippen LogP contribution in [0.25, 0.3) is 5.69 Å². The van der Waals surface area contributed by atoms with Crippen molar-refractivity contribution in [2.24, 2.45) is 4.99 Å². The SMILES string of the molecule is C[C@@H]1CN2C(=N[C@H](c3ccccn3)[C@H]2c2cccn2-c2cccc(C(=O)O)c2)S1. The maximum Gasteiger partial charge on any atom is 0.335 e. The first-order valence-corrected chi connectivity index (χ1v) is 10.4. The summed E-state index contributed by atoms with van der Waals surface area (Å²) in [5.41, 5.74) is 3.13. The van der Waals surface area contributed by atoms with Gasteiger partial charge in [0.1, 0.15) is 6.04 Å². The number of amidine groups is 1. The monoisotopic (exact) mass is 404 g/mol. The molecule has 0 bridgehead atoms. The summed E-state index contributed by atoms with van der Waals surface area (Å²) in [7, 11) is 0. The van der Waals surface area contributed by atoms with Gasteiger partial charge in [-0.1, -0.05) is 30.8 Å². The number of hydrogen-bond acceptors (Lipinski definition) is 5. The van der Waals surface area contributed by atoms with Gasteiger partial charge in [-0.25, -0.2) is 4.79 Å². The number of fused-ring (bicyclic) bond motifs is 1. The standard InChI is InChI=1S/C22H20N4O2S/c1-14-13-26-20(19(24-22(26)29-14)17-8-2-3-10-23-17)18-9-5-11-25(18)16-7-4-6-15(12-16)21(27)28/h2-12,14,19-20H,13H2,1H3,(H,27,28)/t14-,19-,20-/m1/s1. The van der Waals surface area contributed by atoms with Crippen LogP contribution in [0.5, 0.6) is 0 Å². The maximum absolute atomic E-state index is 11.4. The summed E-state index contributed by atoms with van der Waals surface area (Å²) in [5, 5.41) is 10.9. The fourth-order valence-corrected chi connectivity index (χ4v) is 5.19. The van der Waals surface area contributed by atoms with E-state index in [1.54, 1.807) is 36.2 Å². The van der Waals surface area contributed by atoms with Crippen molar-refractivity contribution in [3.05, 3.63) is 83.9 Å². The molecule has 1 N–H and O–H groups in total. The summed E-state index contributed by atoms with van der Waals surface area (Å²) in [6.07, 6.45) is 3.79. The van der Waals surface area contributed by atoms with Crippen molar-refractivity contribution >= 4 is 22.9 Å². The summed E-state index contributed by atoms with van der Waals surface area (Å²) in [6, 6.07) is 17.0. The molecule has 146 valence electrons. The van der Waals surface area contributed by atoms with Gasteiger partial charge < -0.3 is 14.6 Å². The average molecular weight is 404 g/mol. The van der Waals surface area contributed by atoms with Crippen molar-refractivity contribution in [2.45, 2.75) is 24.3 Å². The Kier molecular flexibility index (Phi) is 4.39. The summed E-state index contributed by atoms with van der Waals surface area (Å²) < 4.78 is 2.07. The molecular weight excluding hydrogens is 384 g/mol. The Balaban J connectivity index is 1.60. The first-order valence-electron chi connectivity index (χ1n) is 9.55. The second-order valence-electron chi connectivity index (χ2n) is 7.30. The molecule has 29 heavy (non-hydrogen) atoms. The number of pyridine rings is 1. The second-order valence-corrected chi connectivity index (χ2v) is 8.70. The van der Waals surface area contributed by atoms with Gasteiger partial charge in [0.15, 0.2) is 5.17 Å². The van der Waals surface area contributed by atoms with Crippen LogP contribution in [0.4, 0.5) is 0 Å². The van der Waals surface area contributed by atoms with Crippen LogP contribution in [0.2, 0.25) is 0 Å². The molecule has 1 saturated heterocycles. The molecule has 0 radical (unpaired) electrons. The van der Waals surface area contributed by atoms with Gasteiger partial charge >= 0.3 is 5.97 Å². The predicted molar refractivity (Wildman–Crippen MR) is 114 cm³/mol. The number of carboxylic acid groups (broad SMARTS) is 1. The van der Waals surface area contributed by atoms with Gasteiger partial charge in [-0.3, -0.25) is 9.98 Å². The van der Waals surface area contributed by atoms with Crippen LogP contribution in [0.1, 0.15) is 40.8 Å². The molecule has 5 rings (SSSR count). The highest BCUT2D eigenvalue weighted by Crippen LogP contribution is 2.47. The molecule has 1 aromatic carbocycles. The molecule has 2 aliphatic rings. The molecular formula is C22H20N4O2S. The summed E-state index contributed by atoms with van der Waals surface area (Å²) in [4.78, 5) is 23.4. The molecule has 1 fully saturated rings. The van der Waals surface area contributed by atoms with Crippen molar-refractivity contribution in [3.8, 4) is 5.69 Å². The van der Waals surface area contributed by atoms with E-state index >= 15 is 0 Å². The van der Waals surface area contributed by atoms with E-state index in [2.05, 4.69) is 27.4 Å². The Morgan fingerprint density at radius 2 is 2.07 bits per heavy atom. The van der Waals surface area contributed by atoms with Gasteiger partial charge in [-0.15, -0.1) is 0 Å². The lowest BCUT2D eigenvalue weighted by molar-refractivity contribution is 0.0697. The fourth-order valence-electron chi connectivity index (χ4n) is 4.10. The maximum atomic E-state index is 11.4. The number of aliphatic imine (C=N–C) groups is 1. The Hall–Kier alpha value is -3.06. The van der Waals surface area contributed by atoms with E-state index in [0.717, 1.165) is 28.8 Å². The van der Waals surface area contributed by atoms with Crippen LogP contribution in [0.15, 0.2) is 72.0 Å². The van der Waals surface area contributed by atoms with Gasteiger partial charge in [0.05, 0.1) is 17.3 Å². The van der Waals surface area contributed by atoms with E-state index in [-0.39, 0.29) is 17.6 Å². The number of hydrogen-bond donors (Lipinski definition) is 1. The topological polar surface area (TPSA) is 70.7 Å². The van der Waals surface area contributed by atoms with E-state index in [1.807, 2.05) is 36.5 Å². The smallest absolute Gasteiger partial charge is 0.335 e. The third kappa shape index (κ3) is 3.11. The minimum atomic E-state index is -0.928. The molecule has 0 saturated carbocycles. The number of carboxylic acids is 1. The third-order valence-electron chi connectivity index (χ3n) is 5.34. The Bertz CT molecular complexity index is 1090. The summed E-state index contributed by atoms with van der Waals surface area (Å²) in [5.74, 6) is -0.928. The number of rotatable bonds is 4.